The Hall–Kier alpha value is -2.66. The number of benzene rings is 2. The molecule has 0 unspecified atom stereocenters. The monoisotopic (exact) mass is 352 g/mol. The molecular formula is C20H20N2O2S. The van der Waals surface area contributed by atoms with Gasteiger partial charge in [-0.05, 0) is 42.0 Å². The minimum Gasteiger partial charge on any atom is -0.352 e. The molecule has 128 valence electrons. The first-order valence-electron chi connectivity index (χ1n) is 8.21. The second kappa shape index (κ2) is 7.94. The van der Waals surface area contributed by atoms with Crippen molar-refractivity contribution >= 4 is 33.9 Å². The maximum absolute atomic E-state index is 12.2. The molecule has 0 bridgehead atoms. The van der Waals surface area contributed by atoms with E-state index in [4.69, 9.17) is 0 Å². The van der Waals surface area contributed by atoms with Crippen LogP contribution in [0.4, 0.5) is 0 Å². The van der Waals surface area contributed by atoms with Gasteiger partial charge in [0.15, 0.2) is 0 Å². The molecule has 0 spiro atoms. The number of aryl methyl sites for hydroxylation is 1. The van der Waals surface area contributed by atoms with Crippen molar-refractivity contribution < 1.29 is 9.59 Å². The molecular weight excluding hydrogens is 332 g/mol. The molecule has 0 saturated carbocycles. The summed E-state index contributed by atoms with van der Waals surface area (Å²) in [5, 5.41) is 7.80. The minimum atomic E-state index is -0.160. The molecule has 0 aliphatic heterocycles. The predicted octanol–water partition coefficient (Wildman–Crippen LogP) is 3.65. The molecule has 3 aromatic rings. The molecule has 0 radical (unpaired) electrons. The molecule has 1 heterocycles. The Labute approximate surface area is 150 Å². The number of hydrogen-bond acceptors (Lipinski definition) is 3. The maximum atomic E-state index is 12.2. The Kier molecular flexibility index (Phi) is 5.46. The lowest BCUT2D eigenvalue weighted by atomic mass is 10.1. The van der Waals surface area contributed by atoms with Crippen LogP contribution in [0.3, 0.4) is 0 Å². The predicted molar refractivity (Wildman–Crippen MR) is 102 cm³/mol. The summed E-state index contributed by atoms with van der Waals surface area (Å²) < 4.78 is 0. The van der Waals surface area contributed by atoms with E-state index in [9.17, 15) is 9.59 Å². The van der Waals surface area contributed by atoms with Crippen LogP contribution in [0.15, 0.2) is 54.6 Å². The molecule has 4 nitrogen and oxygen atoms in total. The number of amides is 2. The van der Waals surface area contributed by atoms with Gasteiger partial charge in [0, 0.05) is 28.3 Å². The highest BCUT2D eigenvalue weighted by molar-refractivity contribution is 7.11. The summed E-state index contributed by atoms with van der Waals surface area (Å²) in [6.07, 6.45) is 0.268. The number of hydrogen-bond donors (Lipinski definition) is 2. The summed E-state index contributed by atoms with van der Waals surface area (Å²) in [4.78, 5) is 26.4. The third kappa shape index (κ3) is 4.67. The number of carbonyl (C=O) groups is 2. The third-order valence-electron chi connectivity index (χ3n) is 3.91. The van der Waals surface area contributed by atoms with Crippen molar-refractivity contribution in [2.24, 2.45) is 0 Å². The van der Waals surface area contributed by atoms with Crippen molar-refractivity contribution in [1.29, 1.82) is 0 Å². The average molecular weight is 352 g/mol. The zero-order chi connectivity index (χ0) is 17.6. The fourth-order valence-corrected chi connectivity index (χ4v) is 3.41. The van der Waals surface area contributed by atoms with Crippen LogP contribution in [0.25, 0.3) is 10.8 Å². The van der Waals surface area contributed by atoms with Crippen molar-refractivity contribution in [3.8, 4) is 0 Å². The van der Waals surface area contributed by atoms with Gasteiger partial charge in [-0.1, -0.05) is 30.3 Å². The molecule has 25 heavy (non-hydrogen) atoms. The summed E-state index contributed by atoms with van der Waals surface area (Å²) in [6, 6.07) is 17.6. The Morgan fingerprint density at radius 3 is 2.52 bits per heavy atom. The number of nitrogens with one attached hydrogen (secondary N) is 2. The number of carbonyl (C=O) groups excluding carboxylic acids is 2. The van der Waals surface area contributed by atoms with Gasteiger partial charge in [0.2, 0.25) is 5.91 Å². The molecule has 0 atom stereocenters. The van der Waals surface area contributed by atoms with Gasteiger partial charge in [0.05, 0.1) is 6.54 Å². The first kappa shape index (κ1) is 17.2. The zero-order valence-electron chi connectivity index (χ0n) is 14.0. The van der Waals surface area contributed by atoms with E-state index in [2.05, 4.69) is 10.6 Å². The fraction of sp³-hybridized carbons (Fsp3) is 0.200. The van der Waals surface area contributed by atoms with E-state index in [1.54, 1.807) is 17.4 Å². The van der Waals surface area contributed by atoms with Gasteiger partial charge in [0.25, 0.3) is 5.91 Å². The standard InChI is InChI=1S/C20H20N2O2S/c1-14-6-9-18(25-14)13-22-19(23)10-11-21-20(24)17-8-7-15-4-2-3-5-16(15)12-17/h2-9,12H,10-11,13H2,1H3,(H,21,24)(H,22,23). The molecule has 0 aliphatic rings. The summed E-state index contributed by atoms with van der Waals surface area (Å²) in [6.45, 7) is 2.90. The third-order valence-corrected chi connectivity index (χ3v) is 4.91. The highest BCUT2D eigenvalue weighted by Crippen LogP contribution is 2.16. The van der Waals surface area contributed by atoms with E-state index in [1.807, 2.05) is 55.5 Å². The van der Waals surface area contributed by atoms with Gasteiger partial charge < -0.3 is 10.6 Å². The maximum Gasteiger partial charge on any atom is 0.251 e. The summed E-state index contributed by atoms with van der Waals surface area (Å²) in [5.41, 5.74) is 0.605. The summed E-state index contributed by atoms with van der Waals surface area (Å²) in [7, 11) is 0. The van der Waals surface area contributed by atoms with Crippen LogP contribution in [0.2, 0.25) is 0 Å². The fourth-order valence-electron chi connectivity index (χ4n) is 2.58. The van der Waals surface area contributed by atoms with Gasteiger partial charge in [-0.3, -0.25) is 9.59 Å². The molecule has 1 aromatic heterocycles. The van der Waals surface area contributed by atoms with Crippen LogP contribution < -0.4 is 10.6 Å². The number of thiophene rings is 1. The van der Waals surface area contributed by atoms with Gasteiger partial charge in [0.1, 0.15) is 0 Å². The Bertz CT molecular complexity index is 901. The van der Waals surface area contributed by atoms with Crippen LogP contribution >= 0.6 is 11.3 Å². The normalized spacial score (nSPS) is 10.6. The molecule has 2 aromatic carbocycles. The topological polar surface area (TPSA) is 58.2 Å². The molecule has 0 fully saturated rings. The SMILES string of the molecule is Cc1ccc(CNC(=O)CCNC(=O)c2ccc3ccccc3c2)s1. The molecule has 2 N–H and O–H groups in total. The largest absolute Gasteiger partial charge is 0.352 e. The summed E-state index contributed by atoms with van der Waals surface area (Å²) >= 11 is 1.67. The first-order valence-corrected chi connectivity index (χ1v) is 9.02. The lowest BCUT2D eigenvalue weighted by Crippen LogP contribution is -2.30. The van der Waals surface area contributed by atoms with Crippen molar-refractivity contribution in [2.75, 3.05) is 6.54 Å². The van der Waals surface area contributed by atoms with Crippen molar-refractivity contribution in [3.05, 3.63) is 69.9 Å². The number of fused-ring (bicyclic) bond motifs is 1. The highest BCUT2D eigenvalue weighted by atomic mass is 32.1. The van der Waals surface area contributed by atoms with Crippen LogP contribution in [0, 0.1) is 6.92 Å². The van der Waals surface area contributed by atoms with Gasteiger partial charge in [-0.25, -0.2) is 0 Å². The Morgan fingerprint density at radius 2 is 1.76 bits per heavy atom. The molecule has 5 heteroatoms. The quantitative estimate of drug-likeness (QED) is 0.711. The van der Waals surface area contributed by atoms with Crippen molar-refractivity contribution in [1.82, 2.24) is 10.6 Å². The van der Waals surface area contributed by atoms with E-state index in [0.717, 1.165) is 15.6 Å². The Balaban J connectivity index is 1.45. The van der Waals surface area contributed by atoms with Gasteiger partial charge in [-0.15, -0.1) is 11.3 Å². The van der Waals surface area contributed by atoms with Crippen LogP contribution in [0.5, 0.6) is 0 Å². The van der Waals surface area contributed by atoms with Gasteiger partial charge >= 0.3 is 0 Å². The summed E-state index contributed by atoms with van der Waals surface area (Å²) in [5.74, 6) is -0.225. The second-order valence-corrected chi connectivity index (χ2v) is 7.23. The zero-order valence-corrected chi connectivity index (χ0v) is 14.9. The average Bonchev–Trinajstić information content (AvgIpc) is 3.05. The second-order valence-electron chi connectivity index (χ2n) is 5.86. The van der Waals surface area contributed by atoms with E-state index >= 15 is 0 Å². The molecule has 0 saturated heterocycles. The first-order chi connectivity index (χ1) is 12.1. The van der Waals surface area contributed by atoms with E-state index < -0.39 is 0 Å². The highest BCUT2D eigenvalue weighted by Gasteiger charge is 2.08. The van der Waals surface area contributed by atoms with E-state index in [0.29, 0.717) is 18.7 Å². The lowest BCUT2D eigenvalue weighted by molar-refractivity contribution is -0.121. The number of rotatable bonds is 6. The molecule has 3 rings (SSSR count). The molecule has 2 amide bonds. The molecule has 0 aliphatic carbocycles. The smallest absolute Gasteiger partial charge is 0.251 e. The van der Waals surface area contributed by atoms with Crippen molar-refractivity contribution in [3.63, 3.8) is 0 Å². The minimum absolute atomic E-state index is 0.0649. The van der Waals surface area contributed by atoms with E-state index in [-0.39, 0.29) is 18.2 Å². The van der Waals surface area contributed by atoms with Crippen LogP contribution in [-0.4, -0.2) is 18.4 Å². The van der Waals surface area contributed by atoms with Crippen LogP contribution in [-0.2, 0) is 11.3 Å². The van der Waals surface area contributed by atoms with Gasteiger partial charge in [-0.2, -0.15) is 0 Å². The van der Waals surface area contributed by atoms with Crippen LogP contribution in [0.1, 0.15) is 26.5 Å². The lowest BCUT2D eigenvalue weighted by Gasteiger charge is -2.07. The van der Waals surface area contributed by atoms with Crippen molar-refractivity contribution in [2.45, 2.75) is 19.9 Å². The Morgan fingerprint density at radius 1 is 0.960 bits per heavy atom. The van der Waals surface area contributed by atoms with E-state index in [1.165, 1.54) is 4.88 Å².